The first kappa shape index (κ1) is 12.8. The zero-order valence-electron chi connectivity index (χ0n) is 11.0. The summed E-state index contributed by atoms with van der Waals surface area (Å²) < 4.78 is 5.59. The van der Waals surface area contributed by atoms with Crippen molar-refractivity contribution in [1.82, 2.24) is 5.32 Å². The molecule has 3 unspecified atom stereocenters. The normalized spacial score (nSPS) is 29.2. The molecule has 1 fully saturated rings. The first-order valence-electron chi connectivity index (χ1n) is 7.08. The Hall–Kier alpha value is -1.26. The van der Waals surface area contributed by atoms with Gasteiger partial charge in [-0.15, -0.1) is 0 Å². The molecule has 19 heavy (non-hydrogen) atoms. The van der Waals surface area contributed by atoms with Crippen molar-refractivity contribution in [1.29, 1.82) is 0 Å². The van der Waals surface area contributed by atoms with E-state index in [1.165, 1.54) is 12.8 Å². The van der Waals surface area contributed by atoms with Crippen LogP contribution < -0.4 is 10.1 Å². The third-order valence-electron chi connectivity index (χ3n) is 4.46. The molecule has 1 aromatic rings. The molecule has 1 saturated carbocycles. The van der Waals surface area contributed by atoms with E-state index in [1.807, 2.05) is 6.07 Å². The van der Waals surface area contributed by atoms with Gasteiger partial charge in [0.25, 0.3) is 0 Å². The summed E-state index contributed by atoms with van der Waals surface area (Å²) in [5.41, 5.74) is 1.12. The maximum Gasteiger partial charge on any atom is 0.127 e. The second-order valence-electron chi connectivity index (χ2n) is 5.63. The Bertz CT molecular complexity index is 449. The number of ether oxygens (including phenoxy) is 1. The maximum atomic E-state index is 9.42. The Morgan fingerprint density at radius 2 is 2.11 bits per heavy atom. The van der Waals surface area contributed by atoms with E-state index in [1.54, 1.807) is 12.1 Å². The van der Waals surface area contributed by atoms with Gasteiger partial charge in [-0.25, -0.2) is 0 Å². The molecule has 0 spiro atoms. The molecule has 0 amide bonds. The lowest BCUT2D eigenvalue weighted by molar-refractivity contribution is 0.188. The Labute approximate surface area is 113 Å². The van der Waals surface area contributed by atoms with E-state index < -0.39 is 0 Å². The number of aromatic hydroxyl groups is 1. The van der Waals surface area contributed by atoms with Gasteiger partial charge in [-0.3, -0.25) is 0 Å². The lowest BCUT2D eigenvalue weighted by atomic mass is 9.96. The summed E-state index contributed by atoms with van der Waals surface area (Å²) in [6.07, 6.45) is 3.58. The Kier molecular flexibility index (Phi) is 3.62. The van der Waals surface area contributed by atoms with Gasteiger partial charge in [-0.05, 0) is 43.4 Å². The van der Waals surface area contributed by atoms with Crippen LogP contribution in [0.25, 0.3) is 0 Å². The van der Waals surface area contributed by atoms with Gasteiger partial charge in [-0.1, -0.05) is 6.42 Å². The number of hydrogen-bond acceptors (Lipinski definition) is 4. The molecule has 1 aliphatic carbocycles. The smallest absolute Gasteiger partial charge is 0.127 e. The molecule has 3 atom stereocenters. The molecular formula is C15H21NO3. The summed E-state index contributed by atoms with van der Waals surface area (Å²) in [6.45, 7) is 1.85. The fraction of sp³-hybridized carbons (Fsp3) is 0.600. The highest BCUT2D eigenvalue weighted by Crippen LogP contribution is 2.36. The summed E-state index contributed by atoms with van der Waals surface area (Å²) in [4.78, 5) is 0. The SMILES string of the molecule is OCC1CCCC1CNC1COc2cc(O)ccc21. The minimum absolute atomic E-state index is 0.204. The number of fused-ring (bicyclic) bond motifs is 1. The molecule has 3 N–H and O–H groups in total. The van der Waals surface area contributed by atoms with E-state index in [0.29, 0.717) is 25.0 Å². The van der Waals surface area contributed by atoms with Crippen molar-refractivity contribution >= 4 is 0 Å². The lowest BCUT2D eigenvalue weighted by Gasteiger charge is -2.20. The molecule has 1 heterocycles. The van der Waals surface area contributed by atoms with Gasteiger partial charge in [0.05, 0.1) is 6.04 Å². The van der Waals surface area contributed by atoms with Gasteiger partial charge in [0, 0.05) is 18.2 Å². The van der Waals surface area contributed by atoms with Crippen LogP contribution in [0, 0.1) is 11.8 Å². The van der Waals surface area contributed by atoms with Crippen LogP contribution in [0.2, 0.25) is 0 Å². The molecule has 0 radical (unpaired) electrons. The zero-order valence-corrected chi connectivity index (χ0v) is 11.0. The predicted molar refractivity (Wildman–Crippen MR) is 72.3 cm³/mol. The first-order chi connectivity index (χ1) is 9.28. The van der Waals surface area contributed by atoms with Gasteiger partial charge in [0.1, 0.15) is 18.1 Å². The molecule has 4 nitrogen and oxygen atoms in total. The highest BCUT2D eigenvalue weighted by molar-refractivity contribution is 5.44. The minimum Gasteiger partial charge on any atom is -0.508 e. The van der Waals surface area contributed by atoms with Crippen LogP contribution in [0.5, 0.6) is 11.5 Å². The van der Waals surface area contributed by atoms with Crippen LogP contribution in [-0.4, -0.2) is 30.0 Å². The number of aliphatic hydroxyl groups is 1. The summed E-state index contributed by atoms with van der Waals surface area (Å²) in [6, 6.07) is 5.50. The molecule has 0 aromatic heterocycles. The molecule has 2 aliphatic rings. The van der Waals surface area contributed by atoms with E-state index >= 15 is 0 Å². The van der Waals surface area contributed by atoms with E-state index in [4.69, 9.17) is 4.74 Å². The first-order valence-corrected chi connectivity index (χ1v) is 7.08. The Morgan fingerprint density at radius 1 is 1.26 bits per heavy atom. The largest absolute Gasteiger partial charge is 0.508 e. The number of aliphatic hydroxyl groups excluding tert-OH is 1. The number of hydrogen-bond donors (Lipinski definition) is 3. The van der Waals surface area contributed by atoms with Gasteiger partial charge >= 0.3 is 0 Å². The van der Waals surface area contributed by atoms with Crippen molar-refractivity contribution in [2.75, 3.05) is 19.8 Å². The second-order valence-corrected chi connectivity index (χ2v) is 5.63. The van der Waals surface area contributed by atoms with E-state index in [2.05, 4.69) is 5.32 Å². The standard InChI is InChI=1S/C15H21NO3/c17-8-11-3-1-2-10(11)7-16-14-9-19-15-6-12(18)4-5-13(14)15/h4-6,10-11,14,16-18H,1-3,7-9H2. The maximum absolute atomic E-state index is 9.42. The zero-order chi connectivity index (χ0) is 13.2. The number of phenols is 1. The summed E-state index contributed by atoms with van der Waals surface area (Å²) >= 11 is 0. The van der Waals surface area contributed by atoms with Crippen molar-refractivity contribution in [2.24, 2.45) is 11.8 Å². The van der Waals surface area contributed by atoms with Crippen molar-refractivity contribution in [3.63, 3.8) is 0 Å². The average Bonchev–Trinajstić information content (AvgIpc) is 3.01. The third-order valence-corrected chi connectivity index (χ3v) is 4.46. The topological polar surface area (TPSA) is 61.7 Å². The lowest BCUT2D eigenvalue weighted by Crippen LogP contribution is -2.30. The number of phenolic OH excluding ortho intramolecular Hbond substituents is 1. The van der Waals surface area contributed by atoms with Crippen LogP contribution in [0.3, 0.4) is 0 Å². The van der Waals surface area contributed by atoms with Crippen molar-refractivity contribution in [3.8, 4) is 11.5 Å². The van der Waals surface area contributed by atoms with Crippen LogP contribution in [-0.2, 0) is 0 Å². The fourth-order valence-electron chi connectivity index (χ4n) is 3.28. The summed E-state index contributed by atoms with van der Waals surface area (Å²) in [7, 11) is 0. The summed E-state index contributed by atoms with van der Waals surface area (Å²) in [5, 5.41) is 22.3. The Morgan fingerprint density at radius 3 is 2.95 bits per heavy atom. The van der Waals surface area contributed by atoms with Crippen molar-refractivity contribution < 1.29 is 14.9 Å². The molecule has 0 bridgehead atoms. The van der Waals surface area contributed by atoms with Crippen LogP contribution in [0.15, 0.2) is 18.2 Å². The van der Waals surface area contributed by atoms with Gasteiger partial charge in [0.2, 0.25) is 0 Å². The fourth-order valence-corrected chi connectivity index (χ4v) is 3.28. The quantitative estimate of drug-likeness (QED) is 0.775. The predicted octanol–water partition coefficient (Wildman–Crippen LogP) is 1.82. The monoisotopic (exact) mass is 263 g/mol. The van der Waals surface area contributed by atoms with Crippen LogP contribution in [0.1, 0.15) is 30.9 Å². The summed E-state index contributed by atoms with van der Waals surface area (Å²) in [5.74, 6) is 2.05. The van der Waals surface area contributed by atoms with Gasteiger partial charge < -0.3 is 20.3 Å². The van der Waals surface area contributed by atoms with Gasteiger partial charge in [-0.2, -0.15) is 0 Å². The molecule has 1 aliphatic heterocycles. The molecule has 3 rings (SSSR count). The average molecular weight is 263 g/mol. The van der Waals surface area contributed by atoms with Gasteiger partial charge in [0.15, 0.2) is 0 Å². The highest BCUT2D eigenvalue weighted by Gasteiger charge is 2.29. The molecular weight excluding hydrogens is 242 g/mol. The number of rotatable bonds is 4. The molecule has 0 saturated heterocycles. The highest BCUT2D eigenvalue weighted by atomic mass is 16.5. The second kappa shape index (κ2) is 5.39. The van der Waals surface area contributed by atoms with Crippen molar-refractivity contribution in [3.05, 3.63) is 23.8 Å². The number of nitrogens with one attached hydrogen (secondary N) is 1. The third kappa shape index (κ3) is 2.55. The van der Waals surface area contributed by atoms with E-state index in [9.17, 15) is 10.2 Å². The molecule has 4 heteroatoms. The Balaban J connectivity index is 1.61. The minimum atomic E-state index is 0.204. The van der Waals surface area contributed by atoms with Crippen molar-refractivity contribution in [2.45, 2.75) is 25.3 Å². The molecule has 104 valence electrons. The van der Waals surface area contributed by atoms with E-state index in [0.717, 1.165) is 24.3 Å². The number of benzene rings is 1. The molecule has 1 aromatic carbocycles. The van der Waals surface area contributed by atoms with Crippen LogP contribution in [0.4, 0.5) is 0 Å². The van der Waals surface area contributed by atoms with E-state index in [-0.39, 0.29) is 11.8 Å². The van der Waals surface area contributed by atoms with Crippen LogP contribution >= 0.6 is 0 Å².